The van der Waals surface area contributed by atoms with E-state index in [4.69, 9.17) is 10.5 Å². The van der Waals surface area contributed by atoms with E-state index in [-0.39, 0.29) is 11.3 Å². The van der Waals surface area contributed by atoms with Crippen molar-refractivity contribution in [3.63, 3.8) is 0 Å². The van der Waals surface area contributed by atoms with E-state index >= 15 is 0 Å². The number of hydrogen-bond donors (Lipinski definition) is 1. The number of esters is 1. The van der Waals surface area contributed by atoms with Crippen molar-refractivity contribution in [2.45, 2.75) is 33.1 Å². The minimum atomic E-state index is -0.571. The molecule has 0 atom stereocenters. The minimum Gasteiger partial charge on any atom is -0.465 e. The molecule has 6 heteroatoms. The average Bonchev–Trinajstić information content (AvgIpc) is 2.42. The number of benzene rings is 1. The minimum absolute atomic E-state index is 0.0152. The van der Waals surface area contributed by atoms with Crippen LogP contribution in [-0.4, -0.2) is 24.9 Å². The second kappa shape index (κ2) is 6.39. The van der Waals surface area contributed by atoms with Crippen molar-refractivity contribution in [3.05, 3.63) is 34.9 Å². The Balaban J connectivity index is 3.34. The quantitative estimate of drug-likeness (QED) is 0.302. The summed E-state index contributed by atoms with van der Waals surface area (Å²) in [5, 5.41) is 3.54. The average molecular weight is 292 g/mol. The van der Waals surface area contributed by atoms with Gasteiger partial charge in [0, 0.05) is 12.5 Å². The number of nitrogens with zero attached hydrogens (tertiary/aromatic N) is 1. The molecular formula is C15H20N2O4. The third kappa shape index (κ3) is 4.59. The zero-order valence-corrected chi connectivity index (χ0v) is 12.9. The van der Waals surface area contributed by atoms with E-state index in [1.807, 2.05) is 20.8 Å². The SMILES string of the molecule is COC(=O)c1cc(C(N)=NOC(C)=O)cc(C(C)(C)C)c1. The highest BCUT2D eigenvalue weighted by atomic mass is 16.7. The van der Waals surface area contributed by atoms with Gasteiger partial charge in [-0.3, -0.25) is 0 Å². The van der Waals surface area contributed by atoms with E-state index in [0.29, 0.717) is 11.1 Å². The van der Waals surface area contributed by atoms with Gasteiger partial charge >= 0.3 is 11.9 Å². The van der Waals surface area contributed by atoms with Crippen molar-refractivity contribution in [3.8, 4) is 0 Å². The fourth-order valence-corrected chi connectivity index (χ4v) is 1.61. The lowest BCUT2D eigenvalue weighted by atomic mass is 9.85. The predicted octanol–water partition coefficient (Wildman–Crippen LogP) is 1.95. The number of methoxy groups -OCH3 is 1. The van der Waals surface area contributed by atoms with E-state index in [1.165, 1.54) is 14.0 Å². The van der Waals surface area contributed by atoms with E-state index in [1.54, 1.807) is 18.2 Å². The standard InChI is InChI=1S/C15H20N2O4/c1-9(18)21-17-13(16)10-6-11(14(19)20-5)8-12(7-10)15(2,3)4/h6-8H,1-5H3,(H2,16,17). The molecule has 1 aromatic rings. The largest absolute Gasteiger partial charge is 0.465 e. The Bertz CT molecular complexity index is 586. The first kappa shape index (κ1) is 16.7. The predicted molar refractivity (Wildman–Crippen MR) is 79.0 cm³/mol. The van der Waals surface area contributed by atoms with Crippen molar-refractivity contribution in [2.75, 3.05) is 7.11 Å². The number of nitrogens with two attached hydrogens (primary N) is 1. The van der Waals surface area contributed by atoms with Crippen LogP contribution in [0.4, 0.5) is 0 Å². The lowest BCUT2D eigenvalue weighted by Gasteiger charge is -2.20. The second-order valence-electron chi connectivity index (χ2n) is 5.60. The molecule has 0 bridgehead atoms. The Kier molecular flexibility index (Phi) is 5.07. The fraction of sp³-hybridized carbons (Fsp3) is 0.400. The van der Waals surface area contributed by atoms with Gasteiger partial charge in [0.2, 0.25) is 0 Å². The molecule has 0 heterocycles. The lowest BCUT2D eigenvalue weighted by molar-refractivity contribution is -0.140. The zero-order chi connectivity index (χ0) is 16.2. The second-order valence-corrected chi connectivity index (χ2v) is 5.60. The monoisotopic (exact) mass is 292 g/mol. The molecule has 0 unspecified atom stereocenters. The van der Waals surface area contributed by atoms with Gasteiger partial charge in [-0.1, -0.05) is 25.9 Å². The summed E-state index contributed by atoms with van der Waals surface area (Å²) in [6.07, 6.45) is 0. The van der Waals surface area contributed by atoms with Crippen LogP contribution in [0.3, 0.4) is 0 Å². The van der Waals surface area contributed by atoms with E-state index in [2.05, 4.69) is 9.99 Å². The maximum atomic E-state index is 11.7. The van der Waals surface area contributed by atoms with Gasteiger partial charge in [-0.15, -0.1) is 0 Å². The summed E-state index contributed by atoms with van der Waals surface area (Å²) >= 11 is 0. The molecule has 0 amide bonds. The molecule has 0 radical (unpaired) electrons. The molecule has 0 saturated carbocycles. The highest BCUT2D eigenvalue weighted by molar-refractivity contribution is 6.00. The molecule has 2 N–H and O–H groups in total. The summed E-state index contributed by atoms with van der Waals surface area (Å²) in [6.45, 7) is 7.24. The smallest absolute Gasteiger partial charge is 0.337 e. The van der Waals surface area contributed by atoms with Gasteiger partial charge in [-0.25, -0.2) is 9.59 Å². The molecule has 1 aromatic carbocycles. The maximum Gasteiger partial charge on any atom is 0.337 e. The van der Waals surface area contributed by atoms with Gasteiger partial charge < -0.3 is 15.3 Å². The van der Waals surface area contributed by atoms with E-state index in [0.717, 1.165) is 5.56 Å². The highest BCUT2D eigenvalue weighted by Gasteiger charge is 2.19. The Hall–Kier alpha value is -2.37. The van der Waals surface area contributed by atoms with Crippen molar-refractivity contribution < 1.29 is 19.2 Å². The summed E-state index contributed by atoms with van der Waals surface area (Å²) in [4.78, 5) is 27.0. The molecular weight excluding hydrogens is 272 g/mol. The van der Waals surface area contributed by atoms with Gasteiger partial charge in [-0.05, 0) is 29.2 Å². The summed E-state index contributed by atoms with van der Waals surface area (Å²) in [5.41, 5.74) is 7.33. The van der Waals surface area contributed by atoms with Gasteiger partial charge in [0.15, 0.2) is 5.84 Å². The summed E-state index contributed by atoms with van der Waals surface area (Å²) in [5.74, 6) is -1.03. The van der Waals surface area contributed by atoms with Crippen LogP contribution in [0.15, 0.2) is 23.4 Å². The fourth-order valence-electron chi connectivity index (χ4n) is 1.61. The molecule has 114 valence electrons. The summed E-state index contributed by atoms with van der Waals surface area (Å²) in [7, 11) is 1.31. The van der Waals surface area contributed by atoms with Crippen LogP contribution < -0.4 is 5.73 Å². The molecule has 0 fully saturated rings. The number of amidine groups is 1. The van der Waals surface area contributed by atoms with Crippen molar-refractivity contribution in [1.29, 1.82) is 0 Å². The maximum absolute atomic E-state index is 11.7. The zero-order valence-electron chi connectivity index (χ0n) is 12.9. The summed E-state index contributed by atoms with van der Waals surface area (Å²) < 4.78 is 4.73. The van der Waals surface area contributed by atoms with Gasteiger partial charge in [0.25, 0.3) is 0 Å². The van der Waals surface area contributed by atoms with Crippen LogP contribution in [0.1, 0.15) is 49.2 Å². The van der Waals surface area contributed by atoms with Crippen LogP contribution in [0.5, 0.6) is 0 Å². The normalized spacial score (nSPS) is 12.0. The first-order valence-corrected chi connectivity index (χ1v) is 6.40. The molecule has 0 saturated heterocycles. The molecule has 0 aromatic heterocycles. The van der Waals surface area contributed by atoms with Crippen LogP contribution in [0.25, 0.3) is 0 Å². The third-order valence-electron chi connectivity index (χ3n) is 2.79. The Morgan fingerprint density at radius 3 is 2.19 bits per heavy atom. The van der Waals surface area contributed by atoms with Crippen LogP contribution in [0, 0.1) is 0 Å². The van der Waals surface area contributed by atoms with Crippen molar-refractivity contribution in [1.82, 2.24) is 0 Å². The lowest BCUT2D eigenvalue weighted by Crippen LogP contribution is -2.19. The highest BCUT2D eigenvalue weighted by Crippen LogP contribution is 2.25. The molecule has 1 rings (SSSR count). The van der Waals surface area contributed by atoms with Crippen molar-refractivity contribution in [2.24, 2.45) is 10.9 Å². The number of ether oxygens (including phenoxy) is 1. The molecule has 21 heavy (non-hydrogen) atoms. The van der Waals surface area contributed by atoms with Crippen LogP contribution in [0.2, 0.25) is 0 Å². The Morgan fingerprint density at radius 2 is 1.71 bits per heavy atom. The molecule has 6 nitrogen and oxygen atoms in total. The van der Waals surface area contributed by atoms with Crippen molar-refractivity contribution >= 4 is 17.8 Å². The molecule has 0 aliphatic carbocycles. The topological polar surface area (TPSA) is 91.0 Å². The molecule has 0 aliphatic rings. The molecule has 0 spiro atoms. The first-order valence-electron chi connectivity index (χ1n) is 6.40. The van der Waals surface area contributed by atoms with E-state index in [9.17, 15) is 9.59 Å². The van der Waals surface area contributed by atoms with Crippen LogP contribution >= 0.6 is 0 Å². The van der Waals surface area contributed by atoms with Crippen LogP contribution in [-0.2, 0) is 19.8 Å². The number of hydrogen-bond acceptors (Lipinski definition) is 5. The Morgan fingerprint density at radius 1 is 1.14 bits per heavy atom. The van der Waals surface area contributed by atoms with Gasteiger partial charge in [0.05, 0.1) is 12.7 Å². The third-order valence-corrected chi connectivity index (χ3v) is 2.79. The number of carbonyl (C=O) groups excluding carboxylic acids is 2. The molecule has 0 aliphatic heterocycles. The number of oxime groups is 1. The number of rotatable bonds is 3. The van der Waals surface area contributed by atoms with Gasteiger partial charge in [0.1, 0.15) is 0 Å². The van der Waals surface area contributed by atoms with E-state index < -0.39 is 11.9 Å². The summed E-state index contributed by atoms with van der Waals surface area (Å²) in [6, 6.07) is 5.09. The first-order chi connectivity index (χ1) is 9.65. The van der Waals surface area contributed by atoms with Gasteiger partial charge in [-0.2, -0.15) is 0 Å². The number of carbonyl (C=O) groups is 2. The Labute approximate surface area is 123 Å².